The summed E-state index contributed by atoms with van der Waals surface area (Å²) in [6.45, 7) is 7.84. The molecule has 0 aliphatic carbocycles. The first-order valence-corrected chi connectivity index (χ1v) is 11.7. The monoisotopic (exact) mass is 385 g/mol. The normalized spacial score (nSPS) is 13.3. The molecule has 0 radical (unpaired) electrons. The number of thioether (sulfide) groups is 1. The molecule has 0 bridgehead atoms. The van der Waals surface area contributed by atoms with Crippen LogP contribution >= 0.6 is 11.8 Å². The predicted molar refractivity (Wildman–Crippen MR) is 117 cm³/mol. The molecule has 2 N–H and O–H groups in total. The fourth-order valence-corrected chi connectivity index (χ4v) is 3.42. The van der Waals surface area contributed by atoms with Gasteiger partial charge in [-0.15, -0.1) is 11.8 Å². The molecule has 154 valence electrons. The highest BCUT2D eigenvalue weighted by molar-refractivity contribution is 8.02. The Balaban J connectivity index is 3.53. The summed E-state index contributed by atoms with van der Waals surface area (Å²) >= 11 is 1.77. The van der Waals surface area contributed by atoms with Crippen molar-refractivity contribution in [3.63, 3.8) is 0 Å². The molecule has 0 saturated heterocycles. The molecule has 0 aromatic rings. The third-order valence-corrected chi connectivity index (χ3v) is 5.34. The Morgan fingerprint density at radius 3 is 1.92 bits per heavy atom. The molecule has 26 heavy (non-hydrogen) atoms. The quantitative estimate of drug-likeness (QED) is 0.317. The first kappa shape index (κ1) is 25.5. The number of amides is 1. The Kier molecular flexibility index (Phi) is 16.4. The van der Waals surface area contributed by atoms with Crippen LogP contribution in [0.3, 0.4) is 0 Å². The Bertz CT molecular complexity index is 364. The summed E-state index contributed by atoms with van der Waals surface area (Å²) in [4.78, 5) is 11.9. The van der Waals surface area contributed by atoms with E-state index in [0.29, 0.717) is 0 Å². The highest BCUT2D eigenvalue weighted by Crippen LogP contribution is 2.15. The van der Waals surface area contributed by atoms with Crippen LogP contribution in [-0.4, -0.2) is 29.4 Å². The maximum Gasteiger partial charge on any atom is 0.225 e. The SMILES string of the molecule is CCCCCCCCCCCCCSC=C[C@H](CO)NC(=O)C(C)(C)C. The molecule has 1 atom stereocenters. The lowest BCUT2D eigenvalue weighted by Crippen LogP contribution is -2.42. The van der Waals surface area contributed by atoms with E-state index in [1.54, 1.807) is 11.8 Å². The average Bonchev–Trinajstić information content (AvgIpc) is 2.59. The van der Waals surface area contributed by atoms with Crippen molar-refractivity contribution < 1.29 is 9.90 Å². The second-order valence-electron chi connectivity index (χ2n) is 8.25. The van der Waals surface area contributed by atoms with Crippen LogP contribution in [0.5, 0.6) is 0 Å². The fourth-order valence-electron chi connectivity index (χ4n) is 2.61. The van der Waals surface area contributed by atoms with Gasteiger partial charge in [-0.05, 0) is 17.6 Å². The second-order valence-corrected chi connectivity index (χ2v) is 9.26. The van der Waals surface area contributed by atoms with Gasteiger partial charge < -0.3 is 10.4 Å². The highest BCUT2D eigenvalue weighted by Gasteiger charge is 2.22. The van der Waals surface area contributed by atoms with Crippen LogP contribution in [0.4, 0.5) is 0 Å². The number of hydrogen-bond donors (Lipinski definition) is 2. The highest BCUT2D eigenvalue weighted by atomic mass is 32.2. The largest absolute Gasteiger partial charge is 0.394 e. The van der Waals surface area contributed by atoms with Crippen molar-refractivity contribution in [1.82, 2.24) is 5.32 Å². The molecule has 0 unspecified atom stereocenters. The van der Waals surface area contributed by atoms with Crippen molar-refractivity contribution in [2.75, 3.05) is 12.4 Å². The van der Waals surface area contributed by atoms with Crippen LogP contribution in [-0.2, 0) is 4.79 Å². The van der Waals surface area contributed by atoms with E-state index < -0.39 is 5.41 Å². The van der Waals surface area contributed by atoms with E-state index in [9.17, 15) is 9.90 Å². The molecule has 0 fully saturated rings. The van der Waals surface area contributed by atoms with Crippen LogP contribution in [0, 0.1) is 5.41 Å². The Hall–Kier alpha value is -0.480. The van der Waals surface area contributed by atoms with Gasteiger partial charge in [-0.25, -0.2) is 0 Å². The van der Waals surface area contributed by atoms with Gasteiger partial charge in [0.1, 0.15) is 0 Å². The van der Waals surface area contributed by atoms with Gasteiger partial charge in [-0.2, -0.15) is 0 Å². The summed E-state index contributed by atoms with van der Waals surface area (Å²) in [7, 11) is 0. The minimum Gasteiger partial charge on any atom is -0.394 e. The van der Waals surface area contributed by atoms with Gasteiger partial charge in [0.15, 0.2) is 0 Å². The minimum absolute atomic E-state index is 0.0310. The lowest BCUT2D eigenvalue weighted by molar-refractivity contribution is -0.129. The van der Waals surface area contributed by atoms with E-state index in [1.165, 1.54) is 70.6 Å². The van der Waals surface area contributed by atoms with Gasteiger partial charge in [-0.3, -0.25) is 4.79 Å². The van der Waals surface area contributed by atoms with Gasteiger partial charge in [-0.1, -0.05) is 98.0 Å². The molecule has 0 heterocycles. The predicted octanol–water partition coefficient (Wildman–Crippen LogP) is 6.07. The smallest absolute Gasteiger partial charge is 0.225 e. The molecule has 0 aromatic heterocycles. The second kappa shape index (κ2) is 16.7. The lowest BCUT2D eigenvalue weighted by Gasteiger charge is -2.21. The van der Waals surface area contributed by atoms with Crippen LogP contribution in [0.15, 0.2) is 11.5 Å². The number of carbonyl (C=O) groups excluding carboxylic acids is 1. The number of hydrogen-bond acceptors (Lipinski definition) is 3. The Morgan fingerprint density at radius 2 is 1.46 bits per heavy atom. The standard InChI is InChI=1S/C22H43NO2S/c1-5-6-7-8-9-10-11-12-13-14-15-17-26-18-16-20(19-24)23-21(25)22(2,3)4/h16,18,20,24H,5-15,17,19H2,1-4H3,(H,23,25)/t20-/m1/s1. The van der Waals surface area contributed by atoms with Crippen LogP contribution in [0.25, 0.3) is 0 Å². The maximum absolute atomic E-state index is 11.9. The van der Waals surface area contributed by atoms with Gasteiger partial charge in [0.25, 0.3) is 0 Å². The molecule has 0 aromatic carbocycles. The summed E-state index contributed by atoms with van der Waals surface area (Å²) in [5.41, 5.74) is -0.427. The molecule has 0 spiro atoms. The number of carbonyl (C=O) groups is 1. The first-order chi connectivity index (χ1) is 12.4. The minimum atomic E-state index is -0.427. The molecule has 0 rings (SSSR count). The number of nitrogens with one attached hydrogen (secondary N) is 1. The van der Waals surface area contributed by atoms with Gasteiger partial charge in [0.2, 0.25) is 5.91 Å². The average molecular weight is 386 g/mol. The van der Waals surface area contributed by atoms with Gasteiger partial charge >= 0.3 is 0 Å². The van der Waals surface area contributed by atoms with E-state index in [1.807, 2.05) is 32.3 Å². The summed E-state index contributed by atoms with van der Waals surface area (Å²) in [6.07, 6.45) is 16.9. The molecule has 4 heteroatoms. The molecule has 0 aliphatic heterocycles. The number of aliphatic hydroxyl groups is 1. The molecule has 1 amide bonds. The van der Waals surface area contributed by atoms with Gasteiger partial charge in [0, 0.05) is 5.41 Å². The molecular weight excluding hydrogens is 342 g/mol. The first-order valence-electron chi connectivity index (χ1n) is 10.6. The van der Waals surface area contributed by atoms with Crippen molar-refractivity contribution >= 4 is 17.7 Å². The van der Waals surface area contributed by atoms with E-state index >= 15 is 0 Å². The van der Waals surface area contributed by atoms with Crippen LogP contribution < -0.4 is 5.32 Å². The van der Waals surface area contributed by atoms with Crippen molar-refractivity contribution in [1.29, 1.82) is 0 Å². The molecule has 3 nitrogen and oxygen atoms in total. The molecule has 0 saturated carbocycles. The van der Waals surface area contributed by atoms with Crippen LogP contribution in [0.2, 0.25) is 0 Å². The van der Waals surface area contributed by atoms with Gasteiger partial charge in [0.05, 0.1) is 12.6 Å². The van der Waals surface area contributed by atoms with E-state index in [-0.39, 0.29) is 18.6 Å². The molecule has 0 aliphatic rings. The molecular formula is C22H43NO2S. The number of aliphatic hydroxyl groups excluding tert-OH is 1. The Morgan fingerprint density at radius 1 is 0.962 bits per heavy atom. The third-order valence-electron chi connectivity index (χ3n) is 4.47. The zero-order chi connectivity index (χ0) is 19.7. The van der Waals surface area contributed by atoms with E-state index in [0.717, 1.165) is 5.75 Å². The van der Waals surface area contributed by atoms with E-state index in [4.69, 9.17) is 0 Å². The summed E-state index contributed by atoms with van der Waals surface area (Å²) in [6, 6.07) is -0.286. The van der Waals surface area contributed by atoms with Crippen molar-refractivity contribution in [3.05, 3.63) is 11.5 Å². The third kappa shape index (κ3) is 15.7. The number of unbranched alkanes of at least 4 members (excludes halogenated alkanes) is 10. The zero-order valence-corrected chi connectivity index (χ0v) is 18.5. The number of rotatable bonds is 16. The zero-order valence-electron chi connectivity index (χ0n) is 17.7. The summed E-state index contributed by atoms with van der Waals surface area (Å²) in [5.74, 6) is 1.08. The van der Waals surface area contributed by atoms with Crippen LogP contribution in [0.1, 0.15) is 98.3 Å². The fraction of sp³-hybridized carbons (Fsp3) is 0.864. The maximum atomic E-state index is 11.9. The van der Waals surface area contributed by atoms with Crippen molar-refractivity contribution in [3.8, 4) is 0 Å². The topological polar surface area (TPSA) is 49.3 Å². The van der Waals surface area contributed by atoms with Crippen molar-refractivity contribution in [2.45, 2.75) is 104 Å². The Labute approximate surface area is 166 Å². The lowest BCUT2D eigenvalue weighted by atomic mass is 9.95. The summed E-state index contributed by atoms with van der Waals surface area (Å²) < 4.78 is 0. The summed E-state index contributed by atoms with van der Waals surface area (Å²) in [5, 5.41) is 14.2. The van der Waals surface area contributed by atoms with E-state index in [2.05, 4.69) is 12.2 Å². The van der Waals surface area contributed by atoms with Crippen molar-refractivity contribution in [2.24, 2.45) is 5.41 Å².